The van der Waals surface area contributed by atoms with Gasteiger partial charge in [-0.3, -0.25) is 9.58 Å². The standard InChI is InChI=1S/C14H24N4O3S/c1-16-12-14(10-15-16)22(19,20)18-6-3-5-17(7-8-18)11-13-4-2-9-21-13/h10,12-13H,2-9,11H2,1H3. The van der Waals surface area contributed by atoms with Crippen LogP contribution in [0.3, 0.4) is 0 Å². The molecule has 2 fully saturated rings. The lowest BCUT2D eigenvalue weighted by Crippen LogP contribution is -2.37. The SMILES string of the molecule is Cn1cc(S(=O)(=O)N2CCCN(CC3CCCO3)CC2)cn1. The molecular formula is C14H24N4O3S. The first-order valence-corrected chi connectivity index (χ1v) is 9.32. The number of sulfonamides is 1. The van der Waals surface area contributed by atoms with Crippen LogP contribution in [-0.2, 0) is 21.8 Å². The first kappa shape index (κ1) is 15.9. The van der Waals surface area contributed by atoms with Crippen molar-refractivity contribution in [2.24, 2.45) is 7.05 Å². The molecule has 124 valence electrons. The molecular weight excluding hydrogens is 304 g/mol. The lowest BCUT2D eigenvalue weighted by atomic mass is 10.2. The molecule has 3 heterocycles. The lowest BCUT2D eigenvalue weighted by Gasteiger charge is -2.23. The lowest BCUT2D eigenvalue weighted by molar-refractivity contribution is 0.0749. The van der Waals surface area contributed by atoms with Gasteiger partial charge < -0.3 is 4.74 Å². The topological polar surface area (TPSA) is 67.7 Å². The van der Waals surface area contributed by atoms with E-state index in [2.05, 4.69) is 10.00 Å². The van der Waals surface area contributed by atoms with Gasteiger partial charge in [-0.15, -0.1) is 0 Å². The van der Waals surface area contributed by atoms with Gasteiger partial charge in [0, 0.05) is 46.0 Å². The second kappa shape index (κ2) is 6.66. The molecule has 2 saturated heterocycles. The number of aryl methyl sites for hydroxylation is 1. The third kappa shape index (κ3) is 3.51. The second-order valence-electron chi connectivity index (χ2n) is 6.04. The smallest absolute Gasteiger partial charge is 0.246 e. The summed E-state index contributed by atoms with van der Waals surface area (Å²) < 4.78 is 34.1. The Labute approximate surface area is 131 Å². The van der Waals surface area contributed by atoms with Gasteiger partial charge in [0.2, 0.25) is 10.0 Å². The molecule has 8 heteroatoms. The summed E-state index contributed by atoms with van der Waals surface area (Å²) in [5.41, 5.74) is 0. The molecule has 0 radical (unpaired) electrons. The van der Waals surface area contributed by atoms with Crippen LogP contribution in [0.2, 0.25) is 0 Å². The van der Waals surface area contributed by atoms with E-state index in [-0.39, 0.29) is 4.90 Å². The minimum atomic E-state index is -3.42. The molecule has 0 spiro atoms. The van der Waals surface area contributed by atoms with E-state index in [1.165, 1.54) is 10.9 Å². The van der Waals surface area contributed by atoms with E-state index in [0.717, 1.165) is 45.5 Å². The van der Waals surface area contributed by atoms with Crippen LogP contribution in [0, 0.1) is 0 Å². The van der Waals surface area contributed by atoms with Gasteiger partial charge in [0.1, 0.15) is 4.90 Å². The van der Waals surface area contributed by atoms with Gasteiger partial charge >= 0.3 is 0 Å². The van der Waals surface area contributed by atoms with Crippen molar-refractivity contribution in [2.45, 2.75) is 30.3 Å². The molecule has 0 N–H and O–H groups in total. The highest BCUT2D eigenvalue weighted by Gasteiger charge is 2.29. The summed E-state index contributed by atoms with van der Waals surface area (Å²) in [5.74, 6) is 0. The zero-order valence-corrected chi connectivity index (χ0v) is 13.8. The summed E-state index contributed by atoms with van der Waals surface area (Å²) in [6, 6.07) is 0. The van der Waals surface area contributed by atoms with E-state index < -0.39 is 10.0 Å². The third-order valence-corrected chi connectivity index (χ3v) is 6.20. The predicted octanol–water partition coefficient (Wildman–Crippen LogP) is 0.296. The molecule has 1 aromatic heterocycles. The molecule has 1 unspecified atom stereocenters. The summed E-state index contributed by atoms with van der Waals surface area (Å²) >= 11 is 0. The van der Waals surface area contributed by atoms with Crippen LogP contribution >= 0.6 is 0 Å². The van der Waals surface area contributed by atoms with Gasteiger partial charge in [0.15, 0.2) is 0 Å². The van der Waals surface area contributed by atoms with Gasteiger partial charge in [-0.1, -0.05) is 0 Å². The highest BCUT2D eigenvalue weighted by atomic mass is 32.2. The molecule has 0 aromatic carbocycles. The first-order valence-electron chi connectivity index (χ1n) is 7.88. The number of hydrogen-bond acceptors (Lipinski definition) is 5. The Hall–Kier alpha value is -0.960. The minimum absolute atomic E-state index is 0.280. The van der Waals surface area contributed by atoms with Crippen molar-refractivity contribution in [2.75, 3.05) is 39.3 Å². The fraction of sp³-hybridized carbons (Fsp3) is 0.786. The average molecular weight is 328 g/mol. The van der Waals surface area contributed by atoms with Crippen LogP contribution in [0.1, 0.15) is 19.3 Å². The number of nitrogens with zero attached hydrogens (tertiary/aromatic N) is 4. The van der Waals surface area contributed by atoms with E-state index in [4.69, 9.17) is 4.74 Å². The van der Waals surface area contributed by atoms with Gasteiger partial charge in [-0.05, 0) is 25.8 Å². The largest absolute Gasteiger partial charge is 0.377 e. The highest BCUT2D eigenvalue weighted by molar-refractivity contribution is 7.89. The van der Waals surface area contributed by atoms with Crippen molar-refractivity contribution in [3.8, 4) is 0 Å². The summed E-state index contributed by atoms with van der Waals surface area (Å²) in [6.45, 7) is 4.57. The summed E-state index contributed by atoms with van der Waals surface area (Å²) in [5, 5.41) is 3.97. The predicted molar refractivity (Wildman–Crippen MR) is 82.0 cm³/mol. The van der Waals surface area contributed by atoms with Crippen molar-refractivity contribution in [3.05, 3.63) is 12.4 Å². The fourth-order valence-corrected chi connectivity index (χ4v) is 4.58. The van der Waals surface area contributed by atoms with Crippen molar-refractivity contribution in [1.82, 2.24) is 19.0 Å². The molecule has 0 bridgehead atoms. The van der Waals surface area contributed by atoms with Crippen molar-refractivity contribution in [3.63, 3.8) is 0 Å². The zero-order chi connectivity index (χ0) is 15.6. The normalized spacial score (nSPS) is 25.4. The molecule has 3 rings (SSSR count). The molecule has 2 aliphatic heterocycles. The van der Waals surface area contributed by atoms with Crippen molar-refractivity contribution >= 4 is 10.0 Å². The van der Waals surface area contributed by atoms with Gasteiger partial charge in [-0.2, -0.15) is 9.40 Å². The Balaban J connectivity index is 1.62. The van der Waals surface area contributed by atoms with Crippen LogP contribution in [0.5, 0.6) is 0 Å². The molecule has 7 nitrogen and oxygen atoms in total. The average Bonchev–Trinajstić information content (AvgIpc) is 3.07. The number of ether oxygens (including phenoxy) is 1. The maximum Gasteiger partial charge on any atom is 0.246 e. The second-order valence-corrected chi connectivity index (χ2v) is 7.98. The van der Waals surface area contributed by atoms with Crippen molar-refractivity contribution in [1.29, 1.82) is 0 Å². The first-order chi connectivity index (χ1) is 10.6. The third-order valence-electron chi connectivity index (χ3n) is 4.35. The molecule has 1 aromatic rings. The molecule has 0 amide bonds. The Kier molecular flexibility index (Phi) is 4.82. The minimum Gasteiger partial charge on any atom is -0.377 e. The van der Waals surface area contributed by atoms with E-state index in [1.807, 2.05) is 0 Å². The molecule has 0 aliphatic carbocycles. The maximum atomic E-state index is 12.6. The maximum absolute atomic E-state index is 12.6. The van der Waals surface area contributed by atoms with Gasteiger partial charge in [0.25, 0.3) is 0 Å². The Morgan fingerprint density at radius 2 is 2.14 bits per heavy atom. The molecule has 22 heavy (non-hydrogen) atoms. The fourth-order valence-electron chi connectivity index (χ4n) is 3.13. The molecule has 0 saturated carbocycles. The van der Waals surface area contributed by atoms with Gasteiger partial charge in [-0.25, -0.2) is 8.42 Å². The van der Waals surface area contributed by atoms with Crippen LogP contribution in [0.25, 0.3) is 0 Å². The summed E-state index contributed by atoms with van der Waals surface area (Å²) in [7, 11) is -1.70. The van der Waals surface area contributed by atoms with Crippen LogP contribution in [0.4, 0.5) is 0 Å². The van der Waals surface area contributed by atoms with E-state index >= 15 is 0 Å². The van der Waals surface area contributed by atoms with Crippen molar-refractivity contribution < 1.29 is 13.2 Å². The van der Waals surface area contributed by atoms with E-state index in [9.17, 15) is 8.42 Å². The number of hydrogen-bond donors (Lipinski definition) is 0. The highest BCUT2D eigenvalue weighted by Crippen LogP contribution is 2.18. The molecule has 1 atom stereocenters. The summed E-state index contributed by atoms with van der Waals surface area (Å²) in [4.78, 5) is 2.61. The Bertz CT molecular complexity index is 595. The van der Waals surface area contributed by atoms with Crippen LogP contribution < -0.4 is 0 Å². The van der Waals surface area contributed by atoms with Crippen LogP contribution in [-0.4, -0.2) is 72.8 Å². The van der Waals surface area contributed by atoms with Gasteiger partial charge in [0.05, 0.1) is 12.3 Å². The van der Waals surface area contributed by atoms with Crippen LogP contribution in [0.15, 0.2) is 17.3 Å². The quantitative estimate of drug-likeness (QED) is 0.795. The number of aromatic nitrogens is 2. The Morgan fingerprint density at radius 3 is 2.82 bits per heavy atom. The summed E-state index contributed by atoms with van der Waals surface area (Å²) in [6.07, 6.45) is 6.41. The molecule has 2 aliphatic rings. The Morgan fingerprint density at radius 1 is 1.27 bits per heavy atom. The number of rotatable bonds is 4. The zero-order valence-electron chi connectivity index (χ0n) is 13.0. The van der Waals surface area contributed by atoms with E-state index in [0.29, 0.717) is 19.2 Å². The monoisotopic (exact) mass is 328 g/mol. The van der Waals surface area contributed by atoms with E-state index in [1.54, 1.807) is 17.5 Å².